The van der Waals surface area contributed by atoms with Crippen LogP contribution in [0.3, 0.4) is 0 Å². The molecule has 0 aliphatic carbocycles. The molecule has 0 saturated carbocycles. The van der Waals surface area contributed by atoms with Crippen LogP contribution in [0.5, 0.6) is 5.75 Å². The van der Waals surface area contributed by atoms with Crippen LogP contribution in [-0.2, 0) is 0 Å². The Balaban J connectivity index is 2.26. The fraction of sp³-hybridized carbons (Fsp3) is 0.625. The van der Waals surface area contributed by atoms with E-state index in [4.69, 9.17) is 10.5 Å². The van der Waals surface area contributed by atoms with Gasteiger partial charge in [0.2, 0.25) is 0 Å². The molecule has 1 aromatic carbocycles. The quantitative estimate of drug-likeness (QED) is 0.871. The number of para-hydroxylation sites is 1. The maximum atomic E-state index is 6.33. The lowest BCUT2D eigenvalue weighted by atomic mass is 9.79. The van der Waals surface area contributed by atoms with Crippen molar-refractivity contribution in [2.24, 2.45) is 11.7 Å². The third-order valence-electron chi connectivity index (χ3n) is 4.30. The first-order valence-electron chi connectivity index (χ1n) is 7.13. The fourth-order valence-electron chi connectivity index (χ4n) is 2.93. The van der Waals surface area contributed by atoms with Crippen LogP contribution < -0.4 is 10.5 Å². The molecule has 0 radical (unpaired) electrons. The first-order valence-corrected chi connectivity index (χ1v) is 7.13. The number of fused-ring (bicyclic) bond motifs is 1. The van der Waals surface area contributed by atoms with Gasteiger partial charge in [-0.2, -0.15) is 0 Å². The van der Waals surface area contributed by atoms with Crippen molar-refractivity contribution in [2.45, 2.75) is 58.1 Å². The van der Waals surface area contributed by atoms with Crippen LogP contribution in [0.15, 0.2) is 24.3 Å². The van der Waals surface area contributed by atoms with Gasteiger partial charge in [-0.25, -0.2) is 0 Å². The Labute approximate surface area is 111 Å². The molecule has 1 aromatic rings. The molecule has 2 nitrogen and oxygen atoms in total. The van der Waals surface area contributed by atoms with Crippen molar-refractivity contribution >= 4 is 0 Å². The Morgan fingerprint density at radius 2 is 2.11 bits per heavy atom. The number of benzene rings is 1. The summed E-state index contributed by atoms with van der Waals surface area (Å²) in [4.78, 5) is 0. The zero-order chi connectivity index (χ0) is 13.2. The minimum Gasteiger partial charge on any atom is -0.487 e. The van der Waals surface area contributed by atoms with E-state index < -0.39 is 0 Å². The predicted molar refractivity (Wildman–Crippen MR) is 75.7 cm³/mol. The summed E-state index contributed by atoms with van der Waals surface area (Å²) in [6.07, 6.45) is 4.26. The summed E-state index contributed by atoms with van der Waals surface area (Å²) in [5, 5.41) is 0. The van der Waals surface area contributed by atoms with Crippen LogP contribution >= 0.6 is 0 Å². The fourth-order valence-corrected chi connectivity index (χ4v) is 2.93. The van der Waals surface area contributed by atoms with Gasteiger partial charge in [-0.3, -0.25) is 0 Å². The molecule has 2 N–H and O–H groups in total. The van der Waals surface area contributed by atoms with Crippen LogP contribution in [0.1, 0.15) is 58.1 Å². The van der Waals surface area contributed by atoms with Crippen molar-refractivity contribution in [1.29, 1.82) is 0 Å². The molecular formula is C16H25NO. The van der Waals surface area contributed by atoms with E-state index in [1.807, 2.05) is 12.1 Å². The standard InChI is InChI=1S/C16H25NO/c1-4-12(3)10-16(5-2)11-14(17)13-8-6-7-9-15(13)18-16/h6-9,12,14H,4-5,10-11,17H2,1-3H3/t12?,14-,16?/m0/s1. The van der Waals surface area contributed by atoms with Crippen molar-refractivity contribution in [1.82, 2.24) is 0 Å². The minimum absolute atomic E-state index is 0.0663. The molecule has 3 atom stereocenters. The molecule has 1 aliphatic rings. The Kier molecular flexibility index (Phi) is 3.96. The summed E-state index contributed by atoms with van der Waals surface area (Å²) in [6, 6.07) is 8.31. The highest BCUT2D eigenvalue weighted by Gasteiger charge is 2.38. The van der Waals surface area contributed by atoms with Gasteiger partial charge in [-0.1, -0.05) is 45.4 Å². The number of nitrogens with two attached hydrogens (primary N) is 1. The molecule has 1 aliphatic heterocycles. The Morgan fingerprint density at radius 3 is 2.78 bits per heavy atom. The monoisotopic (exact) mass is 247 g/mol. The largest absolute Gasteiger partial charge is 0.487 e. The molecule has 2 rings (SSSR count). The lowest BCUT2D eigenvalue weighted by Gasteiger charge is -2.42. The molecular weight excluding hydrogens is 222 g/mol. The summed E-state index contributed by atoms with van der Waals surface area (Å²) in [7, 11) is 0. The van der Waals surface area contributed by atoms with E-state index in [-0.39, 0.29) is 11.6 Å². The molecule has 2 heteroatoms. The topological polar surface area (TPSA) is 35.2 Å². The van der Waals surface area contributed by atoms with E-state index in [2.05, 4.69) is 32.9 Å². The number of hydrogen-bond acceptors (Lipinski definition) is 2. The summed E-state index contributed by atoms with van der Waals surface area (Å²) in [5.41, 5.74) is 7.43. The van der Waals surface area contributed by atoms with Crippen molar-refractivity contribution in [2.75, 3.05) is 0 Å². The second-order valence-electron chi connectivity index (χ2n) is 5.70. The summed E-state index contributed by atoms with van der Waals surface area (Å²) in [5.74, 6) is 1.67. The van der Waals surface area contributed by atoms with Crippen LogP contribution in [0.25, 0.3) is 0 Å². The maximum Gasteiger partial charge on any atom is 0.124 e. The van der Waals surface area contributed by atoms with Crippen molar-refractivity contribution < 1.29 is 4.74 Å². The molecule has 1 heterocycles. The van der Waals surface area contributed by atoms with Crippen molar-refractivity contribution in [3.63, 3.8) is 0 Å². The highest BCUT2D eigenvalue weighted by Crippen LogP contribution is 2.43. The van der Waals surface area contributed by atoms with Gasteiger partial charge in [0.1, 0.15) is 11.4 Å². The SMILES string of the molecule is CCC(C)CC1(CC)C[C@H](N)c2ccccc2O1. The molecule has 0 fully saturated rings. The molecule has 100 valence electrons. The van der Waals surface area contributed by atoms with E-state index in [1.165, 1.54) is 6.42 Å². The molecule has 0 spiro atoms. The smallest absolute Gasteiger partial charge is 0.124 e. The lowest BCUT2D eigenvalue weighted by Crippen LogP contribution is -2.43. The molecule has 18 heavy (non-hydrogen) atoms. The van der Waals surface area contributed by atoms with Gasteiger partial charge < -0.3 is 10.5 Å². The van der Waals surface area contributed by atoms with Crippen molar-refractivity contribution in [3.8, 4) is 5.75 Å². The first kappa shape index (κ1) is 13.4. The van der Waals surface area contributed by atoms with Gasteiger partial charge in [-0.05, 0) is 24.8 Å². The van der Waals surface area contributed by atoms with Crippen LogP contribution in [-0.4, -0.2) is 5.60 Å². The van der Waals surface area contributed by atoms with E-state index in [0.717, 1.165) is 30.6 Å². The van der Waals surface area contributed by atoms with Gasteiger partial charge in [0.15, 0.2) is 0 Å². The summed E-state index contributed by atoms with van der Waals surface area (Å²) >= 11 is 0. The highest BCUT2D eigenvalue weighted by atomic mass is 16.5. The van der Waals surface area contributed by atoms with E-state index in [9.17, 15) is 0 Å². The molecule has 0 bridgehead atoms. The third kappa shape index (κ3) is 2.54. The van der Waals surface area contributed by atoms with Crippen LogP contribution in [0, 0.1) is 5.92 Å². The maximum absolute atomic E-state index is 6.33. The molecule has 0 aromatic heterocycles. The minimum atomic E-state index is -0.0663. The van der Waals surface area contributed by atoms with E-state index in [0.29, 0.717) is 5.92 Å². The van der Waals surface area contributed by atoms with Gasteiger partial charge in [0, 0.05) is 18.0 Å². The average Bonchev–Trinajstić information content (AvgIpc) is 2.38. The normalized spacial score (nSPS) is 28.3. The number of rotatable bonds is 4. The number of hydrogen-bond donors (Lipinski definition) is 1. The zero-order valence-corrected chi connectivity index (χ0v) is 11.8. The van der Waals surface area contributed by atoms with Gasteiger partial charge in [0.05, 0.1) is 0 Å². The third-order valence-corrected chi connectivity index (χ3v) is 4.30. The Hall–Kier alpha value is -1.02. The lowest BCUT2D eigenvalue weighted by molar-refractivity contribution is 0.0104. The van der Waals surface area contributed by atoms with Gasteiger partial charge in [0.25, 0.3) is 0 Å². The summed E-state index contributed by atoms with van der Waals surface area (Å²) in [6.45, 7) is 6.75. The Morgan fingerprint density at radius 1 is 1.39 bits per heavy atom. The second kappa shape index (κ2) is 5.31. The van der Waals surface area contributed by atoms with Gasteiger partial charge in [-0.15, -0.1) is 0 Å². The average molecular weight is 247 g/mol. The number of ether oxygens (including phenoxy) is 1. The van der Waals surface area contributed by atoms with E-state index in [1.54, 1.807) is 0 Å². The van der Waals surface area contributed by atoms with Gasteiger partial charge >= 0.3 is 0 Å². The summed E-state index contributed by atoms with van der Waals surface area (Å²) < 4.78 is 6.33. The Bertz CT molecular complexity index is 404. The van der Waals surface area contributed by atoms with E-state index >= 15 is 0 Å². The predicted octanol–water partition coefficient (Wildman–Crippen LogP) is 4.05. The van der Waals surface area contributed by atoms with Crippen molar-refractivity contribution in [3.05, 3.63) is 29.8 Å². The van der Waals surface area contributed by atoms with Crippen LogP contribution in [0.4, 0.5) is 0 Å². The highest BCUT2D eigenvalue weighted by molar-refractivity contribution is 5.38. The van der Waals surface area contributed by atoms with Crippen LogP contribution in [0.2, 0.25) is 0 Å². The second-order valence-corrected chi connectivity index (χ2v) is 5.70. The molecule has 0 amide bonds. The zero-order valence-electron chi connectivity index (χ0n) is 11.8. The first-order chi connectivity index (χ1) is 8.60. The molecule has 2 unspecified atom stereocenters. The molecule has 0 saturated heterocycles.